The Kier molecular flexibility index (Phi) is 6.72. The Morgan fingerprint density at radius 3 is 2.80 bits per heavy atom. The summed E-state index contributed by atoms with van der Waals surface area (Å²) in [6.07, 6.45) is 8.69. The Bertz CT molecular complexity index is 819. The average Bonchev–Trinajstić information content (AvgIpc) is 3.37. The van der Waals surface area contributed by atoms with Crippen LogP contribution < -0.4 is 5.32 Å². The van der Waals surface area contributed by atoms with Crippen LogP contribution in [0.4, 0.5) is 5.69 Å². The Hall–Kier alpha value is -2.34. The van der Waals surface area contributed by atoms with Crippen LogP contribution in [-0.4, -0.2) is 56.7 Å². The first-order chi connectivity index (χ1) is 14.6. The molecule has 6 nitrogen and oxygen atoms in total. The number of aromatic nitrogens is 2. The largest absolute Gasteiger partial charge is 0.385 e. The summed E-state index contributed by atoms with van der Waals surface area (Å²) in [5.74, 6) is 0.253. The Morgan fingerprint density at radius 2 is 2.00 bits per heavy atom. The highest BCUT2D eigenvalue weighted by Gasteiger charge is 2.36. The number of aryl methyl sites for hydroxylation is 1. The third kappa shape index (κ3) is 4.86. The van der Waals surface area contributed by atoms with Gasteiger partial charge < -0.3 is 10.2 Å². The zero-order valence-corrected chi connectivity index (χ0v) is 18.3. The molecule has 2 aromatic rings. The van der Waals surface area contributed by atoms with Crippen molar-refractivity contribution in [3.63, 3.8) is 0 Å². The maximum absolute atomic E-state index is 13.3. The normalized spacial score (nSPS) is 22.4. The number of amides is 1. The van der Waals surface area contributed by atoms with E-state index in [-0.39, 0.29) is 5.91 Å². The van der Waals surface area contributed by atoms with Crippen molar-refractivity contribution in [3.05, 3.63) is 48.3 Å². The predicted octanol–water partition coefficient (Wildman–Crippen LogP) is 3.75. The lowest BCUT2D eigenvalue weighted by Gasteiger charge is -2.36. The molecule has 6 heteroatoms. The van der Waals surface area contributed by atoms with Gasteiger partial charge in [-0.25, -0.2) is 0 Å². The van der Waals surface area contributed by atoms with Gasteiger partial charge >= 0.3 is 0 Å². The number of hydrogen-bond acceptors (Lipinski definition) is 4. The highest BCUT2D eigenvalue weighted by Crippen LogP contribution is 2.31. The van der Waals surface area contributed by atoms with E-state index < -0.39 is 0 Å². The lowest BCUT2D eigenvalue weighted by Crippen LogP contribution is -2.48. The molecule has 1 fully saturated rings. The summed E-state index contributed by atoms with van der Waals surface area (Å²) in [6.45, 7) is 7.86. The molecule has 1 saturated heterocycles. The number of nitrogens with zero attached hydrogens (tertiary/aromatic N) is 4. The number of para-hydroxylation sites is 1. The van der Waals surface area contributed by atoms with Crippen molar-refractivity contribution in [1.82, 2.24) is 19.6 Å². The lowest BCUT2D eigenvalue weighted by molar-refractivity contribution is -0.133. The molecule has 1 N–H and O–H groups in total. The van der Waals surface area contributed by atoms with Crippen LogP contribution in [0.25, 0.3) is 0 Å². The average molecular weight is 410 g/mol. The second-order valence-electron chi connectivity index (χ2n) is 8.95. The van der Waals surface area contributed by atoms with Gasteiger partial charge in [-0.05, 0) is 57.2 Å². The van der Waals surface area contributed by atoms with E-state index in [1.807, 2.05) is 16.9 Å². The predicted molar refractivity (Wildman–Crippen MR) is 120 cm³/mol. The molecule has 2 atom stereocenters. The maximum Gasteiger partial charge on any atom is 0.222 e. The van der Waals surface area contributed by atoms with Crippen molar-refractivity contribution >= 4 is 11.6 Å². The molecule has 2 bridgehead atoms. The van der Waals surface area contributed by atoms with Crippen LogP contribution in [-0.2, 0) is 17.9 Å². The van der Waals surface area contributed by atoms with Crippen molar-refractivity contribution in [1.29, 1.82) is 0 Å². The molecule has 30 heavy (non-hydrogen) atoms. The molecule has 0 radical (unpaired) electrons. The van der Waals surface area contributed by atoms with Crippen LogP contribution in [0.1, 0.15) is 51.5 Å². The Labute approximate surface area is 180 Å². The molecule has 0 aliphatic carbocycles. The van der Waals surface area contributed by atoms with Gasteiger partial charge in [-0.15, -0.1) is 0 Å². The molecule has 4 rings (SSSR count). The number of carbonyl (C=O) groups excluding carboxylic acids is 1. The van der Waals surface area contributed by atoms with E-state index in [0.29, 0.717) is 31.1 Å². The summed E-state index contributed by atoms with van der Waals surface area (Å²) in [5, 5.41) is 7.90. The number of benzene rings is 1. The van der Waals surface area contributed by atoms with Crippen LogP contribution in [0, 0.1) is 0 Å². The summed E-state index contributed by atoms with van der Waals surface area (Å²) < 4.78 is 1.90. The summed E-state index contributed by atoms with van der Waals surface area (Å²) in [4.78, 5) is 18.1. The number of carbonyl (C=O) groups is 1. The number of anilines is 1. The number of fused-ring (bicyclic) bond motifs is 3. The third-order valence-electron chi connectivity index (χ3n) is 6.57. The van der Waals surface area contributed by atoms with Crippen molar-refractivity contribution in [3.8, 4) is 0 Å². The smallest absolute Gasteiger partial charge is 0.222 e. The monoisotopic (exact) mass is 409 g/mol. The molecule has 0 spiro atoms. The standard InChI is InChI=1S/C24H35N5O/c1-19(2)29-21-10-11-22(29)18-27(24(30)9-5-15-28-16-6-13-26-28)17-20-7-3-4-8-23(20)25-14-12-21/h3-4,6-8,13,16,19,21-22,25H,5,9-12,14-15,17-18H2,1-2H3/t21-,22+/m1/s1. The number of rotatable bonds is 5. The SMILES string of the molecule is CC(C)N1[C@H]2CCNc3ccccc3CN(C(=O)CCCn3cccn3)C[C@@H]1CC2. The molecule has 1 aromatic carbocycles. The van der Waals surface area contributed by atoms with E-state index in [1.54, 1.807) is 6.20 Å². The third-order valence-corrected chi connectivity index (χ3v) is 6.57. The fraction of sp³-hybridized carbons (Fsp3) is 0.583. The van der Waals surface area contributed by atoms with E-state index >= 15 is 0 Å². The van der Waals surface area contributed by atoms with Gasteiger partial charge in [-0.1, -0.05) is 18.2 Å². The summed E-state index contributed by atoms with van der Waals surface area (Å²) >= 11 is 0. The quantitative estimate of drug-likeness (QED) is 0.817. The van der Waals surface area contributed by atoms with E-state index in [1.165, 1.54) is 24.1 Å². The highest BCUT2D eigenvalue weighted by atomic mass is 16.2. The first-order valence-corrected chi connectivity index (χ1v) is 11.5. The second-order valence-corrected chi connectivity index (χ2v) is 8.95. The topological polar surface area (TPSA) is 53.4 Å². The van der Waals surface area contributed by atoms with Crippen molar-refractivity contribution in [2.45, 2.75) is 77.2 Å². The zero-order valence-electron chi connectivity index (χ0n) is 18.3. The lowest BCUT2D eigenvalue weighted by atomic mass is 10.1. The molecule has 1 aromatic heterocycles. The van der Waals surface area contributed by atoms with Crippen molar-refractivity contribution in [2.24, 2.45) is 0 Å². The maximum atomic E-state index is 13.3. The summed E-state index contributed by atoms with van der Waals surface area (Å²) in [6, 6.07) is 11.9. The van der Waals surface area contributed by atoms with E-state index in [0.717, 1.165) is 32.5 Å². The molecule has 3 heterocycles. The van der Waals surface area contributed by atoms with Gasteiger partial charge in [0.05, 0.1) is 0 Å². The minimum absolute atomic E-state index is 0.253. The van der Waals surface area contributed by atoms with Crippen molar-refractivity contribution in [2.75, 3.05) is 18.4 Å². The van der Waals surface area contributed by atoms with E-state index in [2.05, 4.69) is 58.3 Å². The van der Waals surface area contributed by atoms with E-state index in [9.17, 15) is 4.79 Å². The van der Waals surface area contributed by atoms with Gasteiger partial charge in [0, 0.05) is 68.8 Å². The van der Waals surface area contributed by atoms with Crippen LogP contribution in [0.5, 0.6) is 0 Å². The molecule has 162 valence electrons. The molecule has 0 saturated carbocycles. The van der Waals surface area contributed by atoms with Gasteiger partial charge in [-0.3, -0.25) is 14.4 Å². The first-order valence-electron chi connectivity index (χ1n) is 11.5. The molecule has 2 aliphatic heterocycles. The molecule has 0 unspecified atom stereocenters. The van der Waals surface area contributed by atoms with Gasteiger partial charge in [-0.2, -0.15) is 5.10 Å². The zero-order chi connectivity index (χ0) is 20.9. The molecule has 1 amide bonds. The molecular formula is C24H35N5O. The first kappa shape index (κ1) is 20.9. The van der Waals surface area contributed by atoms with Crippen LogP contribution in [0.3, 0.4) is 0 Å². The summed E-state index contributed by atoms with van der Waals surface area (Å²) in [7, 11) is 0. The van der Waals surface area contributed by atoms with Crippen molar-refractivity contribution < 1.29 is 4.79 Å². The number of hydrogen-bond donors (Lipinski definition) is 1. The summed E-state index contributed by atoms with van der Waals surface area (Å²) in [5.41, 5.74) is 2.38. The Balaban J connectivity index is 1.52. The molecular weight excluding hydrogens is 374 g/mol. The van der Waals surface area contributed by atoms with Gasteiger partial charge in [0.15, 0.2) is 0 Å². The van der Waals surface area contributed by atoms with Crippen LogP contribution in [0.15, 0.2) is 42.7 Å². The number of nitrogens with one attached hydrogen (secondary N) is 1. The Morgan fingerprint density at radius 1 is 1.17 bits per heavy atom. The fourth-order valence-electron chi connectivity index (χ4n) is 5.21. The minimum Gasteiger partial charge on any atom is -0.385 e. The second kappa shape index (κ2) is 9.65. The van der Waals surface area contributed by atoms with Gasteiger partial charge in [0.2, 0.25) is 5.91 Å². The van der Waals surface area contributed by atoms with Crippen LogP contribution in [0.2, 0.25) is 0 Å². The fourth-order valence-corrected chi connectivity index (χ4v) is 5.21. The highest BCUT2D eigenvalue weighted by molar-refractivity contribution is 5.76. The van der Waals surface area contributed by atoms with Gasteiger partial charge in [0.25, 0.3) is 0 Å². The molecule has 2 aliphatic rings. The van der Waals surface area contributed by atoms with Crippen LogP contribution >= 0.6 is 0 Å². The van der Waals surface area contributed by atoms with E-state index in [4.69, 9.17) is 0 Å². The van der Waals surface area contributed by atoms with Gasteiger partial charge in [0.1, 0.15) is 0 Å². The minimum atomic E-state index is 0.253.